The largest absolute Gasteiger partial charge is 0.416 e. The molecule has 1 saturated heterocycles. The highest BCUT2D eigenvalue weighted by Crippen LogP contribution is 2.33. The van der Waals surface area contributed by atoms with E-state index >= 15 is 0 Å². The van der Waals surface area contributed by atoms with Gasteiger partial charge in [0.2, 0.25) is 0 Å². The van der Waals surface area contributed by atoms with Crippen molar-refractivity contribution in [1.29, 1.82) is 0 Å². The van der Waals surface area contributed by atoms with Gasteiger partial charge >= 0.3 is 6.18 Å². The first kappa shape index (κ1) is 21.3. The number of alkyl halides is 3. The Kier molecular flexibility index (Phi) is 5.67. The van der Waals surface area contributed by atoms with Crippen LogP contribution in [0.3, 0.4) is 0 Å². The lowest BCUT2D eigenvalue weighted by Crippen LogP contribution is -2.36. The van der Waals surface area contributed by atoms with Gasteiger partial charge in [0.05, 0.1) is 24.5 Å². The summed E-state index contributed by atoms with van der Waals surface area (Å²) in [7, 11) is 0. The van der Waals surface area contributed by atoms with Crippen molar-refractivity contribution in [2.45, 2.75) is 19.3 Å². The Hall–Kier alpha value is -2.98. The van der Waals surface area contributed by atoms with Crippen LogP contribution < -0.4 is 16.0 Å². The summed E-state index contributed by atoms with van der Waals surface area (Å²) in [6.45, 7) is 4.56. The van der Waals surface area contributed by atoms with Crippen molar-refractivity contribution in [1.82, 2.24) is 10.2 Å². The van der Waals surface area contributed by atoms with Crippen molar-refractivity contribution in [3.05, 3.63) is 59.0 Å². The van der Waals surface area contributed by atoms with Gasteiger partial charge in [0.15, 0.2) is 5.82 Å². The van der Waals surface area contributed by atoms with Crippen LogP contribution in [-0.4, -0.2) is 36.5 Å². The normalized spacial score (nSPS) is 15.9. The van der Waals surface area contributed by atoms with Gasteiger partial charge in [-0.1, -0.05) is 6.07 Å². The molecule has 31 heavy (non-hydrogen) atoms. The monoisotopic (exact) mass is 435 g/mol. The summed E-state index contributed by atoms with van der Waals surface area (Å²) in [6.07, 6.45) is -5.80. The fourth-order valence-electron chi connectivity index (χ4n) is 3.59. The maximum Gasteiger partial charge on any atom is 0.416 e. The number of benzene rings is 2. The molecule has 1 atom stereocenters. The minimum atomic E-state index is -4.68. The highest BCUT2D eigenvalue weighted by molar-refractivity contribution is 5.95. The molecule has 10 heteroatoms. The van der Waals surface area contributed by atoms with E-state index in [1.165, 1.54) is 0 Å². The molecular weight excluding hydrogens is 414 g/mol. The second-order valence-electron chi connectivity index (χ2n) is 7.36. The first-order valence-electron chi connectivity index (χ1n) is 9.72. The lowest BCUT2D eigenvalue weighted by molar-refractivity contribution is -0.137. The van der Waals surface area contributed by atoms with Gasteiger partial charge in [0.1, 0.15) is 12.0 Å². The van der Waals surface area contributed by atoms with Crippen molar-refractivity contribution in [3.63, 3.8) is 0 Å². The van der Waals surface area contributed by atoms with Gasteiger partial charge in [-0.2, -0.15) is 18.3 Å². The van der Waals surface area contributed by atoms with Crippen molar-refractivity contribution < 1.29 is 22.3 Å². The lowest BCUT2D eigenvalue weighted by atomic mass is 10.1. The molecule has 1 aliphatic rings. The molecule has 6 nitrogen and oxygen atoms in total. The quantitative estimate of drug-likeness (QED) is 0.477. The number of nitrogens with two attached hydrogens (primary N) is 1. The van der Waals surface area contributed by atoms with Gasteiger partial charge in [-0.15, -0.1) is 5.10 Å². The van der Waals surface area contributed by atoms with Gasteiger partial charge in [-0.05, 0) is 42.8 Å². The molecule has 2 heterocycles. The molecule has 1 fully saturated rings. The van der Waals surface area contributed by atoms with Crippen molar-refractivity contribution >= 4 is 22.3 Å². The molecule has 0 radical (unpaired) electrons. The van der Waals surface area contributed by atoms with E-state index in [-0.39, 0.29) is 5.56 Å². The number of morpholine rings is 1. The summed E-state index contributed by atoms with van der Waals surface area (Å²) < 4.78 is 58.3. The minimum absolute atomic E-state index is 0.0489. The summed E-state index contributed by atoms with van der Waals surface area (Å²) in [4.78, 5) is 2.17. The Labute approximate surface area is 176 Å². The molecule has 0 unspecified atom stereocenters. The Morgan fingerprint density at radius 3 is 2.52 bits per heavy atom. The average Bonchev–Trinajstić information content (AvgIpc) is 2.75. The number of fused-ring (bicyclic) bond motifs is 1. The molecule has 0 spiro atoms. The van der Waals surface area contributed by atoms with E-state index < -0.39 is 23.7 Å². The van der Waals surface area contributed by atoms with Gasteiger partial charge in [0.25, 0.3) is 0 Å². The van der Waals surface area contributed by atoms with E-state index in [4.69, 9.17) is 10.5 Å². The third-order valence-electron chi connectivity index (χ3n) is 5.22. The third-order valence-corrected chi connectivity index (χ3v) is 5.22. The smallest absolute Gasteiger partial charge is 0.378 e. The number of anilines is 2. The second-order valence-corrected chi connectivity index (χ2v) is 7.36. The zero-order valence-corrected chi connectivity index (χ0v) is 16.7. The van der Waals surface area contributed by atoms with Crippen LogP contribution in [0, 0.1) is 12.7 Å². The lowest BCUT2D eigenvalue weighted by Gasteiger charge is -2.29. The van der Waals surface area contributed by atoms with Crippen molar-refractivity contribution in [2.24, 2.45) is 5.73 Å². The molecule has 164 valence electrons. The standard InChI is InChI=1S/C21H21F4N5O/c1-12-17-3-2-16(30-4-6-31-7-5-30)11-18(17)20(29-28-12)27-19(26)13-8-14(21(23,24)25)10-15(22)9-13/h2-3,8-11,19H,4-7,26H2,1H3,(H,27,29)/t19-/m0/s1. The first-order chi connectivity index (χ1) is 14.7. The molecule has 0 bridgehead atoms. The van der Waals surface area contributed by atoms with E-state index in [9.17, 15) is 17.6 Å². The second kappa shape index (κ2) is 8.27. The third kappa shape index (κ3) is 4.54. The Morgan fingerprint density at radius 2 is 1.81 bits per heavy atom. The number of aromatic nitrogens is 2. The average molecular weight is 435 g/mol. The van der Waals surface area contributed by atoms with E-state index in [1.54, 1.807) is 0 Å². The van der Waals surface area contributed by atoms with Gasteiger partial charge < -0.3 is 20.7 Å². The highest BCUT2D eigenvalue weighted by Gasteiger charge is 2.32. The summed E-state index contributed by atoms with van der Waals surface area (Å²) in [6, 6.07) is 8.06. The van der Waals surface area contributed by atoms with Crippen LogP contribution in [0.25, 0.3) is 10.8 Å². The van der Waals surface area contributed by atoms with Crippen LogP contribution >= 0.6 is 0 Å². The molecule has 0 aliphatic carbocycles. The molecule has 3 aromatic rings. The van der Waals surface area contributed by atoms with E-state index in [2.05, 4.69) is 20.4 Å². The van der Waals surface area contributed by atoms with E-state index in [1.807, 2.05) is 25.1 Å². The van der Waals surface area contributed by atoms with E-state index in [0.717, 1.165) is 41.7 Å². The van der Waals surface area contributed by atoms with Crippen LogP contribution in [0.2, 0.25) is 0 Å². The topological polar surface area (TPSA) is 76.3 Å². The number of halogens is 4. The molecular formula is C21H21F4N5O. The Balaban J connectivity index is 1.69. The number of ether oxygens (including phenoxy) is 1. The predicted molar refractivity (Wildman–Crippen MR) is 109 cm³/mol. The molecule has 1 aliphatic heterocycles. The molecule has 4 rings (SSSR count). The van der Waals surface area contributed by atoms with E-state index in [0.29, 0.717) is 30.8 Å². The summed E-state index contributed by atoms with van der Waals surface area (Å²) >= 11 is 0. The summed E-state index contributed by atoms with van der Waals surface area (Å²) in [5, 5.41) is 12.7. The number of aryl methyl sites for hydroxylation is 1. The molecule has 0 amide bonds. The molecule has 2 aromatic carbocycles. The number of nitrogens with one attached hydrogen (secondary N) is 1. The number of nitrogens with zero attached hydrogens (tertiary/aromatic N) is 3. The minimum Gasteiger partial charge on any atom is -0.378 e. The number of hydrogen-bond acceptors (Lipinski definition) is 6. The molecule has 0 saturated carbocycles. The fraction of sp³-hybridized carbons (Fsp3) is 0.333. The van der Waals surface area contributed by atoms with Crippen LogP contribution in [0.15, 0.2) is 36.4 Å². The Morgan fingerprint density at radius 1 is 1.06 bits per heavy atom. The zero-order valence-electron chi connectivity index (χ0n) is 16.7. The van der Waals surface area contributed by atoms with Crippen molar-refractivity contribution in [2.75, 3.05) is 36.5 Å². The summed E-state index contributed by atoms with van der Waals surface area (Å²) in [5.41, 5.74) is 6.59. The summed E-state index contributed by atoms with van der Waals surface area (Å²) in [5.74, 6) is -0.711. The molecule has 1 aromatic heterocycles. The zero-order chi connectivity index (χ0) is 22.2. The first-order valence-corrected chi connectivity index (χ1v) is 9.72. The van der Waals surface area contributed by atoms with Crippen LogP contribution in [-0.2, 0) is 10.9 Å². The van der Waals surface area contributed by atoms with Crippen LogP contribution in [0.5, 0.6) is 0 Å². The van der Waals surface area contributed by atoms with Crippen LogP contribution in [0.1, 0.15) is 23.0 Å². The van der Waals surface area contributed by atoms with Crippen molar-refractivity contribution in [3.8, 4) is 0 Å². The predicted octanol–water partition coefficient (Wildman–Crippen LogP) is 4.00. The van der Waals surface area contributed by atoms with Crippen LogP contribution in [0.4, 0.5) is 29.1 Å². The van der Waals surface area contributed by atoms with Gasteiger partial charge in [-0.25, -0.2) is 4.39 Å². The SMILES string of the molecule is Cc1nnc(N[C@H](N)c2cc(F)cc(C(F)(F)F)c2)c2cc(N3CCOCC3)ccc12. The highest BCUT2D eigenvalue weighted by atomic mass is 19.4. The number of rotatable bonds is 4. The maximum absolute atomic E-state index is 13.8. The molecule has 3 N–H and O–H groups in total. The maximum atomic E-state index is 13.8. The number of hydrogen-bond donors (Lipinski definition) is 2. The van der Waals surface area contributed by atoms with Gasteiger partial charge in [0, 0.05) is 29.5 Å². The van der Waals surface area contributed by atoms with Gasteiger partial charge in [-0.3, -0.25) is 0 Å². The fourth-order valence-corrected chi connectivity index (χ4v) is 3.59. The Bertz CT molecular complexity index is 1100.